The van der Waals surface area contributed by atoms with E-state index in [0.29, 0.717) is 5.02 Å². The van der Waals surface area contributed by atoms with Gasteiger partial charge in [-0.2, -0.15) is 0 Å². The van der Waals surface area contributed by atoms with Crippen LogP contribution in [0.15, 0.2) is 77.7 Å². The zero-order chi connectivity index (χ0) is 22.6. The van der Waals surface area contributed by atoms with Gasteiger partial charge in [-0.25, -0.2) is 8.42 Å². The summed E-state index contributed by atoms with van der Waals surface area (Å²) >= 11 is 6.18. The normalized spacial score (nSPS) is 11.0. The lowest BCUT2D eigenvalue weighted by Crippen LogP contribution is -2.38. The molecule has 0 radical (unpaired) electrons. The molecule has 0 atom stereocenters. The van der Waals surface area contributed by atoms with Crippen LogP contribution in [-0.2, 0) is 14.8 Å². The average molecular weight is 460 g/mol. The average Bonchev–Trinajstić information content (AvgIpc) is 2.75. The fourth-order valence-electron chi connectivity index (χ4n) is 2.83. The molecule has 0 spiro atoms. The molecule has 3 rings (SSSR count). The molecule has 0 saturated carbocycles. The number of carbonyl (C=O) groups is 1. The molecule has 0 bridgehead atoms. The molecular weight excluding hydrogens is 442 g/mol. The first-order valence-corrected chi connectivity index (χ1v) is 10.9. The van der Waals surface area contributed by atoms with Crippen LogP contribution in [0.1, 0.15) is 5.56 Å². The molecule has 160 valence electrons. The van der Waals surface area contributed by atoms with E-state index in [1.807, 2.05) is 0 Å². The van der Waals surface area contributed by atoms with Crippen molar-refractivity contribution in [2.75, 3.05) is 16.2 Å². The number of para-hydroxylation sites is 2. The first-order chi connectivity index (χ1) is 14.7. The highest BCUT2D eigenvalue weighted by Gasteiger charge is 2.28. The molecule has 0 aliphatic heterocycles. The minimum Gasteiger partial charge on any atom is -0.319 e. The van der Waals surface area contributed by atoms with Gasteiger partial charge in [0.25, 0.3) is 15.7 Å². The Labute approximate surface area is 184 Å². The number of amides is 1. The third-order valence-corrected chi connectivity index (χ3v) is 6.63. The smallest absolute Gasteiger partial charge is 0.292 e. The lowest BCUT2D eigenvalue weighted by atomic mass is 10.2. The van der Waals surface area contributed by atoms with Crippen LogP contribution in [-0.4, -0.2) is 25.8 Å². The summed E-state index contributed by atoms with van der Waals surface area (Å²) in [7, 11) is -4.12. The fraction of sp³-hybridized carbons (Fsp3) is 0.0952. The molecule has 1 amide bonds. The molecule has 0 heterocycles. The highest BCUT2D eigenvalue weighted by molar-refractivity contribution is 7.92. The van der Waals surface area contributed by atoms with E-state index in [0.717, 1.165) is 9.87 Å². The van der Waals surface area contributed by atoms with Gasteiger partial charge < -0.3 is 5.32 Å². The minimum atomic E-state index is -4.12. The summed E-state index contributed by atoms with van der Waals surface area (Å²) in [5.41, 5.74) is 0.604. The molecule has 0 aromatic heterocycles. The van der Waals surface area contributed by atoms with Gasteiger partial charge in [0.05, 0.1) is 15.5 Å². The number of benzene rings is 3. The summed E-state index contributed by atoms with van der Waals surface area (Å²) < 4.78 is 27.5. The van der Waals surface area contributed by atoms with E-state index in [1.54, 1.807) is 37.3 Å². The summed E-state index contributed by atoms with van der Waals surface area (Å²) in [6.07, 6.45) is 0. The van der Waals surface area contributed by atoms with E-state index in [4.69, 9.17) is 11.6 Å². The van der Waals surface area contributed by atoms with E-state index < -0.39 is 27.4 Å². The lowest BCUT2D eigenvalue weighted by Gasteiger charge is -2.24. The number of aryl methyl sites for hydroxylation is 1. The number of nitrogens with one attached hydrogen (secondary N) is 1. The van der Waals surface area contributed by atoms with Crippen molar-refractivity contribution in [3.05, 3.63) is 93.5 Å². The summed E-state index contributed by atoms with van der Waals surface area (Å²) in [6, 6.07) is 17.9. The Hall–Kier alpha value is -3.43. The van der Waals surface area contributed by atoms with Crippen LogP contribution in [0.5, 0.6) is 0 Å². The van der Waals surface area contributed by atoms with Gasteiger partial charge in [0.1, 0.15) is 12.2 Å². The number of nitro groups is 1. The second kappa shape index (κ2) is 9.15. The van der Waals surface area contributed by atoms with Crippen molar-refractivity contribution in [3.63, 3.8) is 0 Å². The van der Waals surface area contributed by atoms with E-state index in [2.05, 4.69) is 5.32 Å². The van der Waals surface area contributed by atoms with E-state index in [9.17, 15) is 23.3 Å². The molecule has 0 aliphatic carbocycles. The largest absolute Gasteiger partial charge is 0.319 e. The molecule has 3 aromatic carbocycles. The summed E-state index contributed by atoms with van der Waals surface area (Å²) in [6.45, 7) is 1.16. The molecule has 31 heavy (non-hydrogen) atoms. The zero-order valence-electron chi connectivity index (χ0n) is 16.4. The second-order valence-corrected chi connectivity index (χ2v) is 8.85. The Kier molecular flexibility index (Phi) is 6.57. The Bertz CT molecular complexity index is 1230. The predicted octanol–water partition coefficient (Wildman–Crippen LogP) is 4.39. The standard InChI is InChI=1S/C21H18ClN3O5S/c1-15-11-12-16(13-18(15)22)24(31(29,30)17-7-3-2-4-8-17)14-21(26)23-19-9-5-6-10-20(19)25(27)28/h2-13H,14H2,1H3,(H,23,26). The number of nitrogens with zero attached hydrogens (tertiary/aromatic N) is 2. The third kappa shape index (κ3) is 5.01. The molecule has 0 aliphatic rings. The van der Waals surface area contributed by atoms with Crippen LogP contribution in [0.3, 0.4) is 0 Å². The van der Waals surface area contributed by atoms with Gasteiger partial charge in [-0.15, -0.1) is 0 Å². The van der Waals surface area contributed by atoms with Crippen molar-refractivity contribution < 1.29 is 18.1 Å². The Morgan fingerprint density at radius 1 is 1.06 bits per heavy atom. The number of rotatable bonds is 7. The Morgan fingerprint density at radius 3 is 2.35 bits per heavy atom. The van der Waals surface area contributed by atoms with Gasteiger partial charge in [0, 0.05) is 11.1 Å². The molecular formula is C21H18ClN3O5S. The van der Waals surface area contributed by atoms with E-state index in [-0.39, 0.29) is 22.0 Å². The van der Waals surface area contributed by atoms with Crippen LogP contribution in [0, 0.1) is 17.0 Å². The molecule has 0 unspecified atom stereocenters. The van der Waals surface area contributed by atoms with Crippen LogP contribution in [0.4, 0.5) is 17.1 Å². The number of hydrogen-bond donors (Lipinski definition) is 1. The quantitative estimate of drug-likeness (QED) is 0.416. The van der Waals surface area contributed by atoms with Gasteiger partial charge >= 0.3 is 0 Å². The van der Waals surface area contributed by atoms with Gasteiger partial charge in [-0.1, -0.05) is 48.0 Å². The van der Waals surface area contributed by atoms with Crippen molar-refractivity contribution in [1.82, 2.24) is 0 Å². The molecule has 10 heteroatoms. The van der Waals surface area contributed by atoms with Crippen LogP contribution in [0.25, 0.3) is 0 Å². The Balaban J connectivity index is 1.98. The van der Waals surface area contributed by atoms with E-state index in [1.165, 1.54) is 42.5 Å². The first-order valence-electron chi connectivity index (χ1n) is 9.07. The summed E-state index contributed by atoms with van der Waals surface area (Å²) in [4.78, 5) is 23.3. The zero-order valence-corrected chi connectivity index (χ0v) is 17.9. The highest BCUT2D eigenvalue weighted by Crippen LogP contribution is 2.29. The number of nitro benzene ring substituents is 1. The Morgan fingerprint density at radius 2 is 1.71 bits per heavy atom. The van der Waals surface area contributed by atoms with E-state index >= 15 is 0 Å². The van der Waals surface area contributed by atoms with Crippen molar-refractivity contribution in [1.29, 1.82) is 0 Å². The maximum absolute atomic E-state index is 13.3. The van der Waals surface area contributed by atoms with Crippen molar-refractivity contribution in [2.45, 2.75) is 11.8 Å². The maximum Gasteiger partial charge on any atom is 0.292 e. The highest BCUT2D eigenvalue weighted by atomic mass is 35.5. The second-order valence-electron chi connectivity index (χ2n) is 6.58. The van der Waals surface area contributed by atoms with Crippen LogP contribution < -0.4 is 9.62 Å². The monoisotopic (exact) mass is 459 g/mol. The number of sulfonamides is 1. The summed E-state index contributed by atoms with van der Waals surface area (Å²) in [5.74, 6) is -0.745. The van der Waals surface area contributed by atoms with Crippen LogP contribution >= 0.6 is 11.6 Å². The van der Waals surface area contributed by atoms with Crippen molar-refractivity contribution >= 4 is 44.6 Å². The number of anilines is 2. The van der Waals surface area contributed by atoms with Gasteiger partial charge in [-0.3, -0.25) is 19.2 Å². The SMILES string of the molecule is Cc1ccc(N(CC(=O)Nc2ccccc2[N+](=O)[O-])S(=O)(=O)c2ccccc2)cc1Cl. The molecule has 3 aromatic rings. The van der Waals surface area contributed by atoms with Gasteiger partial charge in [0.2, 0.25) is 5.91 Å². The number of hydrogen-bond acceptors (Lipinski definition) is 5. The third-order valence-electron chi connectivity index (χ3n) is 4.44. The molecule has 8 nitrogen and oxygen atoms in total. The van der Waals surface area contributed by atoms with Gasteiger partial charge in [0.15, 0.2) is 0 Å². The number of carbonyl (C=O) groups excluding carboxylic acids is 1. The van der Waals surface area contributed by atoms with Crippen LogP contribution in [0.2, 0.25) is 5.02 Å². The molecule has 0 saturated heterocycles. The topological polar surface area (TPSA) is 110 Å². The van der Waals surface area contributed by atoms with Crippen molar-refractivity contribution in [3.8, 4) is 0 Å². The predicted molar refractivity (Wildman–Crippen MR) is 119 cm³/mol. The van der Waals surface area contributed by atoms with Crippen molar-refractivity contribution in [2.24, 2.45) is 0 Å². The maximum atomic E-state index is 13.3. The lowest BCUT2D eigenvalue weighted by molar-refractivity contribution is -0.383. The van der Waals surface area contributed by atoms with Gasteiger partial charge in [-0.05, 0) is 42.8 Å². The summed E-state index contributed by atoms with van der Waals surface area (Å²) in [5, 5.41) is 14.0. The first kappa shape index (κ1) is 22.3. The molecule has 0 fully saturated rings. The number of halogens is 1. The molecule has 1 N–H and O–H groups in total. The minimum absolute atomic E-state index is 0.00908. The fourth-order valence-corrected chi connectivity index (χ4v) is 4.44.